The van der Waals surface area contributed by atoms with Crippen LogP contribution in [-0.4, -0.2) is 56.0 Å². The van der Waals surface area contributed by atoms with Crippen LogP contribution in [0.15, 0.2) is 0 Å². The molecule has 0 spiro atoms. The van der Waals surface area contributed by atoms with Crippen molar-refractivity contribution in [2.75, 3.05) is 24.6 Å². The molecule has 0 aromatic carbocycles. The first kappa shape index (κ1) is 11.9. The van der Waals surface area contributed by atoms with Gasteiger partial charge in [-0.15, -0.1) is 0 Å². The van der Waals surface area contributed by atoms with Crippen molar-refractivity contribution in [2.45, 2.75) is 50.2 Å². The number of hydrogen-bond acceptors (Lipinski definition) is 4. The summed E-state index contributed by atoms with van der Waals surface area (Å²) in [4.78, 5) is 2.51. The van der Waals surface area contributed by atoms with Gasteiger partial charge in [-0.05, 0) is 32.1 Å². The van der Waals surface area contributed by atoms with Gasteiger partial charge in [0, 0.05) is 31.2 Å². The van der Waals surface area contributed by atoms with E-state index in [2.05, 4.69) is 10.2 Å². The summed E-state index contributed by atoms with van der Waals surface area (Å²) in [6.07, 6.45) is 5.62. The molecule has 3 fully saturated rings. The zero-order valence-electron chi connectivity index (χ0n) is 10.3. The molecule has 0 bridgehead atoms. The van der Waals surface area contributed by atoms with Gasteiger partial charge in [0.1, 0.15) is 9.84 Å². The van der Waals surface area contributed by atoms with Crippen molar-refractivity contribution in [3.05, 3.63) is 0 Å². The Morgan fingerprint density at radius 1 is 0.941 bits per heavy atom. The van der Waals surface area contributed by atoms with Crippen molar-refractivity contribution in [1.29, 1.82) is 0 Å². The molecule has 5 heteroatoms. The lowest BCUT2D eigenvalue weighted by Crippen LogP contribution is -2.42. The maximum absolute atomic E-state index is 11.4. The first-order valence-corrected chi connectivity index (χ1v) is 8.65. The summed E-state index contributed by atoms with van der Waals surface area (Å²) < 4.78 is 22.8. The van der Waals surface area contributed by atoms with Gasteiger partial charge in [-0.2, -0.15) is 0 Å². The van der Waals surface area contributed by atoms with E-state index < -0.39 is 9.84 Å². The molecule has 1 atom stereocenters. The minimum atomic E-state index is -2.71. The third-order valence-electron chi connectivity index (χ3n) is 4.31. The molecular weight excluding hydrogens is 236 g/mol. The van der Waals surface area contributed by atoms with Crippen LogP contribution in [0.3, 0.4) is 0 Å². The Kier molecular flexibility index (Phi) is 3.17. The van der Waals surface area contributed by atoms with Crippen LogP contribution in [0.4, 0.5) is 0 Å². The normalized spacial score (nSPS) is 35.2. The van der Waals surface area contributed by atoms with Crippen LogP contribution in [0.5, 0.6) is 0 Å². The molecule has 4 nitrogen and oxygen atoms in total. The fraction of sp³-hybridized carbons (Fsp3) is 1.00. The van der Waals surface area contributed by atoms with Gasteiger partial charge in [-0.25, -0.2) is 8.42 Å². The largest absolute Gasteiger partial charge is 0.310 e. The third-order valence-corrected chi connectivity index (χ3v) is 6.02. The molecule has 98 valence electrons. The molecule has 2 heterocycles. The van der Waals surface area contributed by atoms with Gasteiger partial charge in [-0.3, -0.25) is 4.90 Å². The van der Waals surface area contributed by atoms with Gasteiger partial charge < -0.3 is 5.32 Å². The molecule has 0 radical (unpaired) electrons. The monoisotopic (exact) mass is 258 g/mol. The molecule has 1 N–H and O–H groups in total. The van der Waals surface area contributed by atoms with E-state index in [1.807, 2.05) is 0 Å². The second-order valence-corrected chi connectivity index (χ2v) is 8.11. The molecule has 3 rings (SSSR count). The summed E-state index contributed by atoms with van der Waals surface area (Å²) in [5, 5.41) is 3.68. The van der Waals surface area contributed by atoms with E-state index in [1.54, 1.807) is 0 Å². The van der Waals surface area contributed by atoms with E-state index >= 15 is 0 Å². The molecule has 1 unspecified atom stereocenters. The average molecular weight is 258 g/mol. The number of nitrogens with one attached hydrogen (secondary N) is 1. The highest BCUT2D eigenvalue weighted by Gasteiger charge is 2.34. The number of sulfone groups is 1. The summed E-state index contributed by atoms with van der Waals surface area (Å²) in [5.41, 5.74) is 0. The SMILES string of the molecule is O=S1(=O)CCC(N2CCC(NC3CC3)C2)CC1. The molecule has 0 aromatic heterocycles. The first-order chi connectivity index (χ1) is 8.12. The lowest BCUT2D eigenvalue weighted by Gasteiger charge is -2.31. The standard InChI is InChI=1S/C12H22N2O2S/c15-17(16)7-4-12(5-8-17)14-6-3-11(9-14)13-10-1-2-10/h10-13H,1-9H2. The molecule has 0 aromatic rings. The van der Waals surface area contributed by atoms with E-state index in [0.29, 0.717) is 23.6 Å². The van der Waals surface area contributed by atoms with Gasteiger partial charge in [0.2, 0.25) is 0 Å². The van der Waals surface area contributed by atoms with E-state index in [-0.39, 0.29) is 0 Å². The van der Waals surface area contributed by atoms with Crippen molar-refractivity contribution in [3.8, 4) is 0 Å². The molecule has 1 saturated carbocycles. The predicted molar refractivity (Wildman–Crippen MR) is 67.8 cm³/mol. The van der Waals surface area contributed by atoms with Gasteiger partial charge in [0.05, 0.1) is 11.5 Å². The lowest BCUT2D eigenvalue weighted by atomic mass is 10.1. The van der Waals surface area contributed by atoms with Crippen molar-refractivity contribution < 1.29 is 8.42 Å². The molecule has 0 amide bonds. The maximum Gasteiger partial charge on any atom is 0.150 e. The Labute approximate surface area is 104 Å². The van der Waals surface area contributed by atoms with Crippen molar-refractivity contribution in [2.24, 2.45) is 0 Å². The van der Waals surface area contributed by atoms with Crippen molar-refractivity contribution in [3.63, 3.8) is 0 Å². The molecule has 2 saturated heterocycles. The van der Waals surface area contributed by atoms with E-state index in [0.717, 1.165) is 32.0 Å². The second-order valence-electron chi connectivity index (χ2n) is 5.80. The van der Waals surface area contributed by atoms with Gasteiger partial charge in [0.25, 0.3) is 0 Å². The minimum absolute atomic E-state index is 0.398. The van der Waals surface area contributed by atoms with Crippen LogP contribution < -0.4 is 5.32 Å². The fourth-order valence-corrected chi connectivity index (χ4v) is 4.55. The number of rotatable bonds is 3. The Morgan fingerprint density at radius 3 is 2.29 bits per heavy atom. The van der Waals surface area contributed by atoms with Gasteiger partial charge in [-0.1, -0.05) is 0 Å². The van der Waals surface area contributed by atoms with E-state index in [1.165, 1.54) is 19.3 Å². The predicted octanol–water partition coefficient (Wildman–Crippen LogP) is 0.390. The van der Waals surface area contributed by atoms with Crippen LogP contribution in [0.25, 0.3) is 0 Å². The number of likely N-dealkylation sites (tertiary alicyclic amines) is 1. The Balaban J connectivity index is 1.49. The Bertz CT molecular complexity index is 364. The molecule has 1 aliphatic carbocycles. The third kappa shape index (κ3) is 3.01. The Morgan fingerprint density at radius 2 is 1.65 bits per heavy atom. The van der Waals surface area contributed by atoms with Crippen LogP contribution in [-0.2, 0) is 9.84 Å². The highest BCUT2D eigenvalue weighted by molar-refractivity contribution is 7.91. The molecule has 3 aliphatic rings. The fourth-order valence-electron chi connectivity index (χ4n) is 3.08. The summed E-state index contributed by atoms with van der Waals surface area (Å²) >= 11 is 0. The average Bonchev–Trinajstić information content (AvgIpc) is 2.96. The highest BCUT2D eigenvalue weighted by Crippen LogP contribution is 2.25. The number of hydrogen-bond donors (Lipinski definition) is 1. The first-order valence-electron chi connectivity index (χ1n) is 6.83. The zero-order chi connectivity index (χ0) is 11.9. The quantitative estimate of drug-likeness (QED) is 0.795. The highest BCUT2D eigenvalue weighted by atomic mass is 32.2. The van der Waals surface area contributed by atoms with Gasteiger partial charge in [0.15, 0.2) is 0 Å². The lowest BCUT2D eigenvalue weighted by molar-refractivity contribution is 0.221. The van der Waals surface area contributed by atoms with E-state index in [9.17, 15) is 8.42 Å². The molecule has 2 aliphatic heterocycles. The van der Waals surface area contributed by atoms with Crippen molar-refractivity contribution >= 4 is 9.84 Å². The topological polar surface area (TPSA) is 49.4 Å². The van der Waals surface area contributed by atoms with Crippen LogP contribution in [0, 0.1) is 0 Å². The summed E-state index contributed by atoms with van der Waals surface area (Å²) in [7, 11) is -2.71. The summed E-state index contributed by atoms with van der Waals surface area (Å²) in [6, 6.07) is 1.96. The van der Waals surface area contributed by atoms with E-state index in [4.69, 9.17) is 0 Å². The zero-order valence-corrected chi connectivity index (χ0v) is 11.1. The number of nitrogens with zero attached hydrogens (tertiary/aromatic N) is 1. The van der Waals surface area contributed by atoms with Crippen LogP contribution in [0.1, 0.15) is 32.1 Å². The maximum atomic E-state index is 11.4. The smallest absolute Gasteiger partial charge is 0.150 e. The van der Waals surface area contributed by atoms with Gasteiger partial charge >= 0.3 is 0 Å². The minimum Gasteiger partial charge on any atom is -0.310 e. The second kappa shape index (κ2) is 4.52. The van der Waals surface area contributed by atoms with Crippen molar-refractivity contribution in [1.82, 2.24) is 10.2 Å². The van der Waals surface area contributed by atoms with Crippen LogP contribution in [0.2, 0.25) is 0 Å². The Hall–Kier alpha value is -0.130. The van der Waals surface area contributed by atoms with Crippen LogP contribution >= 0.6 is 0 Å². The molecular formula is C12H22N2O2S. The molecule has 17 heavy (non-hydrogen) atoms. The summed E-state index contributed by atoms with van der Waals surface area (Å²) in [5.74, 6) is 0.795. The summed E-state index contributed by atoms with van der Waals surface area (Å²) in [6.45, 7) is 2.27.